The first-order valence-electron chi connectivity index (χ1n) is 7.78. The Balaban J connectivity index is 1.83. The lowest BCUT2D eigenvalue weighted by atomic mass is 9.90. The smallest absolute Gasteiger partial charge is 0.322 e. The molecule has 1 atom stereocenters. The molecule has 3 amide bonds. The van der Waals surface area contributed by atoms with Crippen molar-refractivity contribution in [2.75, 3.05) is 37.6 Å². The van der Waals surface area contributed by atoms with Crippen LogP contribution in [0.2, 0.25) is 5.02 Å². The van der Waals surface area contributed by atoms with Gasteiger partial charge < -0.3 is 16.0 Å². The molecule has 3 rings (SSSR count). The number of nitrogens with two attached hydrogens (primary N) is 1. The molecule has 7 heteroatoms. The third-order valence-electron chi connectivity index (χ3n) is 4.68. The number of hydrogen-bond donors (Lipinski definition) is 2. The van der Waals surface area contributed by atoms with Crippen LogP contribution in [0.1, 0.15) is 23.7 Å². The minimum Gasteiger partial charge on any atom is -0.338 e. The van der Waals surface area contributed by atoms with Crippen LogP contribution in [0, 0.1) is 5.41 Å². The number of nitrogens with one attached hydrogen (secondary N) is 1. The minimum absolute atomic E-state index is 0.0141. The number of amides is 3. The number of hydrogen-bond acceptors (Lipinski definition) is 3. The zero-order valence-corrected chi connectivity index (χ0v) is 13.9. The van der Waals surface area contributed by atoms with Crippen molar-refractivity contribution in [2.24, 2.45) is 11.1 Å². The Hall–Kier alpha value is -1.79. The average Bonchev–Trinajstić information content (AvgIpc) is 3.14. The van der Waals surface area contributed by atoms with Gasteiger partial charge in [0.25, 0.3) is 5.91 Å². The number of nitrogens with zero attached hydrogens (tertiary/aromatic N) is 2. The fourth-order valence-electron chi connectivity index (χ4n) is 3.10. The van der Waals surface area contributed by atoms with Crippen LogP contribution in [-0.2, 0) is 0 Å². The topological polar surface area (TPSA) is 78.7 Å². The molecule has 1 aromatic rings. The average molecular weight is 337 g/mol. The maximum absolute atomic E-state index is 12.7. The quantitative estimate of drug-likeness (QED) is 0.881. The van der Waals surface area contributed by atoms with Gasteiger partial charge in [-0.1, -0.05) is 18.5 Å². The molecule has 2 aliphatic rings. The Kier molecular flexibility index (Phi) is 4.21. The van der Waals surface area contributed by atoms with Crippen molar-refractivity contribution in [3.63, 3.8) is 0 Å². The van der Waals surface area contributed by atoms with Crippen LogP contribution in [0.15, 0.2) is 18.2 Å². The summed E-state index contributed by atoms with van der Waals surface area (Å²) in [4.78, 5) is 28.0. The van der Waals surface area contributed by atoms with Crippen molar-refractivity contribution in [1.29, 1.82) is 0 Å². The van der Waals surface area contributed by atoms with E-state index in [0.717, 1.165) is 6.42 Å². The number of halogens is 1. The van der Waals surface area contributed by atoms with Crippen LogP contribution in [0.3, 0.4) is 0 Å². The van der Waals surface area contributed by atoms with Crippen LogP contribution in [0.25, 0.3) is 0 Å². The molecule has 1 aromatic carbocycles. The molecule has 0 aliphatic carbocycles. The first-order chi connectivity index (χ1) is 10.9. The van der Waals surface area contributed by atoms with Gasteiger partial charge in [-0.15, -0.1) is 0 Å². The summed E-state index contributed by atoms with van der Waals surface area (Å²) < 4.78 is 0. The van der Waals surface area contributed by atoms with Gasteiger partial charge in [-0.3, -0.25) is 9.69 Å². The van der Waals surface area contributed by atoms with Crippen LogP contribution in [-0.4, -0.2) is 49.6 Å². The zero-order valence-electron chi connectivity index (χ0n) is 13.1. The van der Waals surface area contributed by atoms with Crippen LogP contribution in [0.5, 0.6) is 0 Å². The number of urea groups is 1. The zero-order chi connectivity index (χ0) is 16.6. The van der Waals surface area contributed by atoms with E-state index < -0.39 is 0 Å². The Morgan fingerprint density at radius 3 is 2.83 bits per heavy atom. The Morgan fingerprint density at radius 1 is 1.43 bits per heavy atom. The molecule has 0 saturated carbocycles. The molecule has 124 valence electrons. The molecular weight excluding hydrogens is 316 g/mol. The first-order valence-corrected chi connectivity index (χ1v) is 8.16. The number of benzene rings is 1. The molecule has 0 aromatic heterocycles. The fourth-order valence-corrected chi connectivity index (χ4v) is 3.32. The highest BCUT2D eigenvalue weighted by Crippen LogP contribution is 2.32. The Morgan fingerprint density at radius 2 is 2.22 bits per heavy atom. The molecule has 2 saturated heterocycles. The fraction of sp³-hybridized carbons (Fsp3) is 0.500. The highest BCUT2D eigenvalue weighted by molar-refractivity contribution is 6.34. The SMILES string of the molecule is CC1(CN)CCN(C(=O)c2ccc(Cl)c(N3CCNC3=O)c2)C1. The minimum atomic E-state index is -0.187. The molecule has 2 fully saturated rings. The third-order valence-corrected chi connectivity index (χ3v) is 5.00. The first kappa shape index (κ1) is 16.1. The van der Waals surface area contributed by atoms with Crippen molar-refractivity contribution in [3.05, 3.63) is 28.8 Å². The van der Waals surface area contributed by atoms with E-state index in [2.05, 4.69) is 12.2 Å². The van der Waals surface area contributed by atoms with E-state index in [1.165, 1.54) is 0 Å². The van der Waals surface area contributed by atoms with Gasteiger partial charge in [0.05, 0.1) is 10.7 Å². The van der Waals surface area contributed by atoms with Crippen molar-refractivity contribution in [2.45, 2.75) is 13.3 Å². The largest absolute Gasteiger partial charge is 0.338 e. The highest BCUT2D eigenvalue weighted by atomic mass is 35.5. The monoisotopic (exact) mass is 336 g/mol. The standard InChI is InChI=1S/C16H21ClN4O2/c1-16(9-18)4-6-20(10-16)14(22)11-2-3-12(17)13(8-11)21-7-5-19-15(21)23/h2-3,8H,4-7,9-10,18H2,1H3,(H,19,23). The highest BCUT2D eigenvalue weighted by Gasteiger charge is 2.35. The van der Waals surface area contributed by atoms with E-state index in [1.807, 2.05) is 4.90 Å². The van der Waals surface area contributed by atoms with Gasteiger partial charge in [-0.05, 0) is 36.6 Å². The summed E-state index contributed by atoms with van der Waals surface area (Å²) in [5.74, 6) is -0.0419. The number of carbonyl (C=O) groups excluding carboxylic acids is 2. The number of likely N-dealkylation sites (tertiary alicyclic amines) is 1. The molecular formula is C16H21ClN4O2. The summed E-state index contributed by atoms with van der Waals surface area (Å²) in [6.07, 6.45) is 0.907. The molecule has 3 N–H and O–H groups in total. The van der Waals surface area contributed by atoms with E-state index in [0.29, 0.717) is 49.0 Å². The van der Waals surface area contributed by atoms with Gasteiger partial charge in [-0.25, -0.2) is 4.79 Å². The number of rotatable bonds is 3. The normalized spacial score (nSPS) is 24.2. The second kappa shape index (κ2) is 6.02. The summed E-state index contributed by atoms with van der Waals surface area (Å²) in [5.41, 5.74) is 6.91. The van der Waals surface area contributed by atoms with Crippen LogP contribution < -0.4 is 16.0 Å². The number of anilines is 1. The van der Waals surface area contributed by atoms with Gasteiger partial charge in [0.15, 0.2) is 0 Å². The summed E-state index contributed by atoms with van der Waals surface area (Å²) in [7, 11) is 0. The molecule has 2 aliphatic heterocycles. The van der Waals surface area contributed by atoms with Gasteiger partial charge in [0.2, 0.25) is 0 Å². The lowest BCUT2D eigenvalue weighted by Gasteiger charge is -2.23. The molecule has 6 nitrogen and oxygen atoms in total. The van der Waals surface area contributed by atoms with Crippen molar-refractivity contribution < 1.29 is 9.59 Å². The Bertz CT molecular complexity index is 651. The van der Waals surface area contributed by atoms with E-state index in [1.54, 1.807) is 23.1 Å². The molecule has 0 radical (unpaired) electrons. The maximum atomic E-state index is 12.7. The van der Waals surface area contributed by atoms with Crippen molar-refractivity contribution >= 4 is 29.2 Å². The molecule has 0 bridgehead atoms. The summed E-state index contributed by atoms with van der Waals surface area (Å²) in [5, 5.41) is 3.20. The second-order valence-corrected chi connectivity index (χ2v) is 6.95. The molecule has 0 spiro atoms. The van der Waals surface area contributed by atoms with E-state index in [4.69, 9.17) is 17.3 Å². The Labute approximate surface area is 140 Å². The lowest BCUT2D eigenvalue weighted by molar-refractivity contribution is 0.0777. The van der Waals surface area contributed by atoms with E-state index >= 15 is 0 Å². The third kappa shape index (κ3) is 3.01. The predicted molar refractivity (Wildman–Crippen MR) is 89.9 cm³/mol. The maximum Gasteiger partial charge on any atom is 0.322 e. The van der Waals surface area contributed by atoms with Gasteiger partial charge in [0.1, 0.15) is 0 Å². The van der Waals surface area contributed by atoms with Crippen molar-refractivity contribution in [3.8, 4) is 0 Å². The van der Waals surface area contributed by atoms with Gasteiger partial charge in [0, 0.05) is 31.7 Å². The summed E-state index contributed by atoms with van der Waals surface area (Å²) in [6, 6.07) is 4.90. The number of carbonyl (C=O) groups is 2. The summed E-state index contributed by atoms with van der Waals surface area (Å²) >= 11 is 6.21. The molecule has 2 heterocycles. The van der Waals surface area contributed by atoms with E-state index in [-0.39, 0.29) is 17.4 Å². The lowest BCUT2D eigenvalue weighted by Crippen LogP contribution is -2.34. The molecule has 1 unspecified atom stereocenters. The van der Waals surface area contributed by atoms with Gasteiger partial charge >= 0.3 is 6.03 Å². The summed E-state index contributed by atoms with van der Waals surface area (Å²) in [6.45, 7) is 5.15. The predicted octanol–water partition coefficient (Wildman–Crippen LogP) is 1.68. The van der Waals surface area contributed by atoms with E-state index in [9.17, 15) is 9.59 Å². The molecule has 23 heavy (non-hydrogen) atoms. The van der Waals surface area contributed by atoms with Crippen molar-refractivity contribution in [1.82, 2.24) is 10.2 Å². The van der Waals surface area contributed by atoms with Gasteiger partial charge in [-0.2, -0.15) is 0 Å². The second-order valence-electron chi connectivity index (χ2n) is 6.54. The van der Waals surface area contributed by atoms with Crippen LogP contribution >= 0.6 is 11.6 Å². The van der Waals surface area contributed by atoms with Crippen LogP contribution in [0.4, 0.5) is 10.5 Å².